The zero-order valence-electron chi connectivity index (χ0n) is 10.8. The summed E-state index contributed by atoms with van der Waals surface area (Å²) in [6.45, 7) is 7.60. The van der Waals surface area contributed by atoms with E-state index in [1.807, 2.05) is 33.8 Å². The van der Waals surface area contributed by atoms with Gasteiger partial charge in [-0.05, 0) is 33.8 Å². The minimum atomic E-state index is -0.752. The summed E-state index contributed by atoms with van der Waals surface area (Å²) in [5.74, 6) is -0.709. The molecule has 0 radical (unpaired) electrons. The Balaban J connectivity index is 2.36. The molecule has 0 aromatic carbocycles. The molecule has 2 rings (SSSR count). The lowest BCUT2D eigenvalue weighted by Crippen LogP contribution is -2.41. The van der Waals surface area contributed by atoms with Crippen LogP contribution in [0.4, 0.5) is 4.39 Å². The first-order chi connectivity index (χ1) is 8.25. The Morgan fingerprint density at radius 2 is 1.78 bits per heavy atom. The van der Waals surface area contributed by atoms with Crippen molar-refractivity contribution in [2.24, 2.45) is 0 Å². The average Bonchev–Trinajstić information content (AvgIpc) is 2.47. The van der Waals surface area contributed by atoms with Crippen LogP contribution in [0.25, 0.3) is 0 Å². The van der Waals surface area contributed by atoms with Crippen molar-refractivity contribution in [3.63, 3.8) is 0 Å². The molecule has 1 aliphatic rings. The fourth-order valence-corrected chi connectivity index (χ4v) is 1.67. The second-order valence-electron chi connectivity index (χ2n) is 5.30. The Bertz CT molecular complexity index is 509. The number of halogens is 1. The van der Waals surface area contributed by atoms with Crippen molar-refractivity contribution in [2.45, 2.75) is 38.9 Å². The maximum atomic E-state index is 13.3. The van der Waals surface area contributed by atoms with Crippen LogP contribution in [0.3, 0.4) is 0 Å². The predicted molar refractivity (Wildman–Crippen MR) is 64.6 cm³/mol. The first kappa shape index (κ1) is 13.0. The molecule has 94 valence electrons. The van der Waals surface area contributed by atoms with E-state index in [0.29, 0.717) is 0 Å². The van der Waals surface area contributed by atoms with Crippen molar-refractivity contribution in [1.29, 1.82) is 5.26 Å². The molecule has 1 fully saturated rings. The van der Waals surface area contributed by atoms with Crippen LogP contribution in [-0.2, 0) is 9.31 Å². The molecule has 1 aromatic rings. The smallest absolute Gasteiger partial charge is 0.398 e. The van der Waals surface area contributed by atoms with E-state index in [-0.39, 0.29) is 11.2 Å². The van der Waals surface area contributed by atoms with E-state index in [1.165, 1.54) is 6.07 Å². The Morgan fingerprint density at radius 1 is 1.22 bits per heavy atom. The van der Waals surface area contributed by atoms with Crippen molar-refractivity contribution in [1.82, 2.24) is 4.98 Å². The number of aromatic nitrogens is 1. The van der Waals surface area contributed by atoms with E-state index < -0.39 is 24.3 Å². The van der Waals surface area contributed by atoms with Crippen LogP contribution < -0.4 is 5.59 Å². The Kier molecular flexibility index (Phi) is 2.92. The standard InChI is InChI=1S/C12H14BFN2O2/c1-11(2)12(3,4)18-13(17-11)9-5-8(7-15)6-10(14)16-9/h5-6H,1-4H3. The molecule has 1 aromatic heterocycles. The summed E-state index contributed by atoms with van der Waals surface area (Å²) in [4.78, 5) is 3.73. The van der Waals surface area contributed by atoms with Crippen LogP contribution in [0.15, 0.2) is 12.1 Å². The van der Waals surface area contributed by atoms with E-state index in [0.717, 1.165) is 6.07 Å². The minimum Gasteiger partial charge on any atom is -0.398 e. The highest BCUT2D eigenvalue weighted by molar-refractivity contribution is 6.61. The summed E-state index contributed by atoms with van der Waals surface area (Å²) in [5, 5.41) is 8.81. The number of pyridine rings is 1. The summed E-state index contributed by atoms with van der Waals surface area (Å²) in [6, 6.07) is 4.44. The monoisotopic (exact) mass is 248 g/mol. The zero-order valence-corrected chi connectivity index (χ0v) is 10.8. The van der Waals surface area contributed by atoms with E-state index in [2.05, 4.69) is 4.98 Å². The lowest BCUT2D eigenvalue weighted by atomic mass is 9.83. The summed E-state index contributed by atoms with van der Waals surface area (Å²) in [7, 11) is -0.752. The summed E-state index contributed by atoms with van der Waals surface area (Å²) in [6.07, 6.45) is 0. The van der Waals surface area contributed by atoms with Gasteiger partial charge in [0.1, 0.15) is 0 Å². The second-order valence-corrected chi connectivity index (χ2v) is 5.30. The van der Waals surface area contributed by atoms with Crippen LogP contribution in [0, 0.1) is 17.3 Å². The van der Waals surface area contributed by atoms with Gasteiger partial charge in [-0.1, -0.05) is 0 Å². The van der Waals surface area contributed by atoms with Gasteiger partial charge in [0.2, 0.25) is 5.95 Å². The third-order valence-electron chi connectivity index (χ3n) is 3.44. The van der Waals surface area contributed by atoms with E-state index in [9.17, 15) is 4.39 Å². The predicted octanol–water partition coefficient (Wildman–Crippen LogP) is 1.39. The third-order valence-corrected chi connectivity index (χ3v) is 3.44. The first-order valence-corrected chi connectivity index (χ1v) is 5.68. The maximum Gasteiger partial charge on any atom is 0.514 e. The van der Waals surface area contributed by atoms with Crippen molar-refractivity contribution >= 4 is 12.7 Å². The highest BCUT2D eigenvalue weighted by Crippen LogP contribution is 2.36. The SMILES string of the molecule is CC1(C)OB(c2cc(C#N)cc(F)n2)OC1(C)C. The lowest BCUT2D eigenvalue weighted by Gasteiger charge is -2.32. The van der Waals surface area contributed by atoms with E-state index >= 15 is 0 Å². The van der Waals surface area contributed by atoms with Crippen LogP contribution in [0.1, 0.15) is 33.3 Å². The van der Waals surface area contributed by atoms with Crippen molar-refractivity contribution in [3.8, 4) is 6.07 Å². The molecular weight excluding hydrogens is 234 g/mol. The molecular formula is C12H14BFN2O2. The fraction of sp³-hybridized carbons (Fsp3) is 0.500. The van der Waals surface area contributed by atoms with Gasteiger partial charge in [0.05, 0.1) is 28.4 Å². The summed E-state index contributed by atoms with van der Waals surface area (Å²) < 4.78 is 24.8. The normalized spacial score (nSPS) is 20.8. The molecule has 0 N–H and O–H groups in total. The molecule has 0 amide bonds. The van der Waals surface area contributed by atoms with Gasteiger partial charge >= 0.3 is 7.12 Å². The number of hydrogen-bond acceptors (Lipinski definition) is 4. The van der Waals surface area contributed by atoms with Gasteiger partial charge in [-0.15, -0.1) is 0 Å². The molecule has 0 aliphatic carbocycles. The van der Waals surface area contributed by atoms with Crippen LogP contribution >= 0.6 is 0 Å². The first-order valence-electron chi connectivity index (χ1n) is 5.68. The maximum absolute atomic E-state index is 13.3. The molecule has 4 nitrogen and oxygen atoms in total. The van der Waals surface area contributed by atoms with Gasteiger partial charge in [-0.2, -0.15) is 9.65 Å². The second kappa shape index (κ2) is 4.04. The Hall–Kier alpha value is -1.45. The summed E-state index contributed by atoms with van der Waals surface area (Å²) in [5.41, 5.74) is -0.547. The number of nitriles is 1. The molecule has 0 atom stereocenters. The zero-order chi connectivity index (χ0) is 13.6. The molecule has 0 saturated carbocycles. The van der Waals surface area contributed by atoms with Gasteiger partial charge < -0.3 is 9.31 Å². The van der Waals surface area contributed by atoms with Crippen molar-refractivity contribution in [2.75, 3.05) is 0 Å². The fourth-order valence-electron chi connectivity index (χ4n) is 1.67. The average molecular weight is 248 g/mol. The van der Waals surface area contributed by atoms with Gasteiger partial charge in [-0.3, -0.25) is 0 Å². The molecule has 6 heteroatoms. The highest BCUT2D eigenvalue weighted by Gasteiger charge is 2.52. The molecule has 18 heavy (non-hydrogen) atoms. The topological polar surface area (TPSA) is 55.1 Å². The van der Waals surface area contributed by atoms with Gasteiger partial charge in [-0.25, -0.2) is 4.98 Å². The molecule has 1 aliphatic heterocycles. The summed E-state index contributed by atoms with van der Waals surface area (Å²) >= 11 is 0. The van der Waals surface area contributed by atoms with Gasteiger partial charge in [0, 0.05) is 6.07 Å². The van der Waals surface area contributed by atoms with Crippen LogP contribution in [-0.4, -0.2) is 23.3 Å². The van der Waals surface area contributed by atoms with Crippen LogP contribution in [0.5, 0.6) is 0 Å². The molecule has 1 saturated heterocycles. The third kappa shape index (κ3) is 2.12. The highest BCUT2D eigenvalue weighted by atomic mass is 19.1. The van der Waals surface area contributed by atoms with Gasteiger partial charge in [0.25, 0.3) is 0 Å². The molecule has 2 heterocycles. The van der Waals surface area contributed by atoms with E-state index in [1.54, 1.807) is 0 Å². The van der Waals surface area contributed by atoms with Crippen molar-refractivity contribution < 1.29 is 13.7 Å². The number of hydrogen-bond donors (Lipinski definition) is 0. The molecule has 0 bridgehead atoms. The van der Waals surface area contributed by atoms with Crippen LogP contribution in [0.2, 0.25) is 0 Å². The Morgan fingerprint density at radius 3 is 2.28 bits per heavy atom. The van der Waals surface area contributed by atoms with Crippen molar-refractivity contribution in [3.05, 3.63) is 23.6 Å². The molecule has 0 spiro atoms. The largest absolute Gasteiger partial charge is 0.514 e. The number of rotatable bonds is 1. The van der Waals surface area contributed by atoms with E-state index in [4.69, 9.17) is 14.6 Å². The number of nitrogens with zero attached hydrogens (tertiary/aromatic N) is 2. The molecule has 0 unspecified atom stereocenters. The van der Waals surface area contributed by atoms with Gasteiger partial charge in [0.15, 0.2) is 0 Å². The minimum absolute atomic E-state index is 0.201. The quantitative estimate of drug-likeness (QED) is 0.556. The lowest BCUT2D eigenvalue weighted by molar-refractivity contribution is 0.00578. The Labute approximate surface area is 106 Å².